The monoisotopic (exact) mass is 504 g/mol. The number of phenols is 1. The maximum Gasteiger partial charge on any atom is 0.339 e. The highest BCUT2D eigenvalue weighted by Gasteiger charge is 2.22. The van der Waals surface area contributed by atoms with Crippen LogP contribution in [0.1, 0.15) is 18.1 Å². The molecule has 184 valence electrons. The number of ether oxygens (including phenoxy) is 1. The van der Waals surface area contributed by atoms with E-state index in [2.05, 4.69) is 11.9 Å². The Labute approximate surface area is 209 Å². The molecule has 1 amide bonds. The van der Waals surface area contributed by atoms with E-state index in [0.717, 1.165) is 0 Å². The summed E-state index contributed by atoms with van der Waals surface area (Å²) in [5, 5.41) is 21.6. The van der Waals surface area contributed by atoms with Crippen LogP contribution in [0.5, 0.6) is 17.2 Å². The van der Waals surface area contributed by atoms with Crippen molar-refractivity contribution < 1.29 is 27.2 Å². The lowest BCUT2D eigenvalue weighted by molar-refractivity contribution is -0.112. The number of allylic oxidation sites excluding steroid dienone is 1. The van der Waals surface area contributed by atoms with Crippen molar-refractivity contribution in [2.45, 2.75) is 18.2 Å². The Balaban J connectivity index is 2.01. The summed E-state index contributed by atoms with van der Waals surface area (Å²) in [7, 11) is -4.15. The fourth-order valence-corrected chi connectivity index (χ4v) is 4.23. The Bertz CT molecular complexity index is 1420. The molecule has 0 spiro atoms. The van der Waals surface area contributed by atoms with Gasteiger partial charge in [0, 0.05) is 11.3 Å². The van der Waals surface area contributed by atoms with Gasteiger partial charge in [-0.25, -0.2) is 0 Å². The van der Waals surface area contributed by atoms with Gasteiger partial charge in [-0.15, -0.1) is 6.58 Å². The molecule has 0 aromatic heterocycles. The van der Waals surface area contributed by atoms with Crippen LogP contribution in [-0.4, -0.2) is 26.0 Å². The molecule has 3 aromatic carbocycles. The molecule has 0 aliphatic carbocycles. The maximum absolute atomic E-state index is 12.9. The summed E-state index contributed by atoms with van der Waals surface area (Å²) in [5.74, 6) is -0.471. The van der Waals surface area contributed by atoms with Crippen molar-refractivity contribution in [3.05, 3.63) is 96.1 Å². The zero-order chi connectivity index (χ0) is 26.1. The topological polar surface area (TPSA) is 126 Å². The third-order valence-corrected chi connectivity index (χ3v) is 6.08. The standard InChI is InChI=1S/C27H24N2O6S/c1-3-8-20-15-19(16-21(18-28)27(31)29-22-11-13-23(30)14-12-22)17-25(34-4-2)26(20)35-36(32,33)24-9-6-5-7-10-24/h3,5-7,9-17,30H,1,4,8H2,2H3,(H,29,31)/b21-16+. The smallest absolute Gasteiger partial charge is 0.339 e. The van der Waals surface area contributed by atoms with Crippen LogP contribution in [0.2, 0.25) is 0 Å². The van der Waals surface area contributed by atoms with Crippen molar-refractivity contribution in [2.75, 3.05) is 11.9 Å². The molecular weight excluding hydrogens is 480 g/mol. The molecule has 0 saturated heterocycles. The number of hydrogen-bond donors (Lipinski definition) is 2. The minimum Gasteiger partial charge on any atom is -0.508 e. The van der Waals surface area contributed by atoms with E-state index in [1.807, 2.05) is 6.07 Å². The van der Waals surface area contributed by atoms with Gasteiger partial charge in [0.15, 0.2) is 11.5 Å². The number of nitrogens with one attached hydrogen (secondary N) is 1. The minimum atomic E-state index is -4.15. The number of nitrogens with zero attached hydrogens (tertiary/aromatic N) is 1. The van der Waals surface area contributed by atoms with E-state index in [-0.39, 0.29) is 40.7 Å². The van der Waals surface area contributed by atoms with E-state index >= 15 is 0 Å². The van der Waals surface area contributed by atoms with Gasteiger partial charge in [0.05, 0.1) is 6.61 Å². The van der Waals surface area contributed by atoms with Crippen LogP contribution in [0, 0.1) is 11.3 Å². The lowest BCUT2D eigenvalue weighted by Crippen LogP contribution is -2.13. The zero-order valence-electron chi connectivity index (χ0n) is 19.5. The number of hydrogen-bond acceptors (Lipinski definition) is 7. The first kappa shape index (κ1) is 26.1. The van der Waals surface area contributed by atoms with Gasteiger partial charge in [-0.3, -0.25) is 4.79 Å². The van der Waals surface area contributed by atoms with E-state index < -0.39 is 16.0 Å². The Morgan fingerprint density at radius 3 is 2.44 bits per heavy atom. The van der Waals surface area contributed by atoms with Crippen molar-refractivity contribution in [1.82, 2.24) is 0 Å². The van der Waals surface area contributed by atoms with Gasteiger partial charge in [-0.05, 0) is 73.5 Å². The summed E-state index contributed by atoms with van der Waals surface area (Å²) in [6, 6.07) is 18.5. The second-order valence-corrected chi connectivity index (χ2v) is 9.00. The van der Waals surface area contributed by atoms with E-state index in [9.17, 15) is 23.6 Å². The minimum absolute atomic E-state index is 0.00445. The first-order chi connectivity index (χ1) is 17.3. The molecule has 0 heterocycles. The summed E-state index contributed by atoms with van der Waals surface area (Å²) < 4.78 is 36.9. The zero-order valence-corrected chi connectivity index (χ0v) is 20.3. The van der Waals surface area contributed by atoms with E-state index in [0.29, 0.717) is 16.8 Å². The molecule has 0 atom stereocenters. The summed E-state index contributed by atoms with van der Waals surface area (Å²) in [4.78, 5) is 12.6. The van der Waals surface area contributed by atoms with Crippen molar-refractivity contribution in [1.29, 1.82) is 5.26 Å². The van der Waals surface area contributed by atoms with Gasteiger partial charge in [0.1, 0.15) is 22.3 Å². The first-order valence-corrected chi connectivity index (χ1v) is 12.3. The molecule has 8 nitrogen and oxygen atoms in total. The van der Waals surface area contributed by atoms with Gasteiger partial charge in [0.25, 0.3) is 5.91 Å². The molecular formula is C27H24N2O6S. The third kappa shape index (κ3) is 6.52. The summed E-state index contributed by atoms with van der Waals surface area (Å²) in [6.07, 6.45) is 3.17. The summed E-state index contributed by atoms with van der Waals surface area (Å²) in [6.45, 7) is 5.67. The third-order valence-electron chi connectivity index (χ3n) is 4.84. The number of phenolic OH excluding ortho intramolecular Hbond substituents is 1. The number of anilines is 1. The van der Waals surface area contributed by atoms with Gasteiger partial charge in [-0.2, -0.15) is 13.7 Å². The van der Waals surface area contributed by atoms with Gasteiger partial charge < -0.3 is 19.3 Å². The molecule has 3 rings (SSSR count). The van der Waals surface area contributed by atoms with Gasteiger partial charge >= 0.3 is 10.1 Å². The number of carbonyl (C=O) groups excluding carboxylic acids is 1. The van der Waals surface area contributed by atoms with Crippen molar-refractivity contribution in [2.24, 2.45) is 0 Å². The molecule has 0 aliphatic rings. The molecule has 0 fully saturated rings. The summed E-state index contributed by atoms with van der Waals surface area (Å²) in [5.41, 5.74) is 1.08. The van der Waals surface area contributed by atoms with Crippen LogP contribution in [-0.2, 0) is 21.3 Å². The molecule has 9 heteroatoms. The average Bonchev–Trinajstić information content (AvgIpc) is 2.86. The highest BCUT2D eigenvalue weighted by atomic mass is 32.2. The number of carbonyl (C=O) groups is 1. The lowest BCUT2D eigenvalue weighted by atomic mass is 10.0. The number of benzene rings is 3. The normalized spacial score (nSPS) is 11.3. The molecule has 0 saturated carbocycles. The first-order valence-electron chi connectivity index (χ1n) is 10.9. The SMILES string of the molecule is C=CCc1cc(/C=C(\C#N)C(=O)Nc2ccc(O)cc2)cc(OCC)c1OS(=O)(=O)c1ccccc1. The van der Waals surface area contributed by atoms with Crippen molar-refractivity contribution in [3.63, 3.8) is 0 Å². The number of rotatable bonds is 10. The Hall–Kier alpha value is -4.55. The fraction of sp³-hybridized carbons (Fsp3) is 0.111. The van der Waals surface area contributed by atoms with Crippen LogP contribution in [0.3, 0.4) is 0 Å². The van der Waals surface area contributed by atoms with Crippen LogP contribution in [0.15, 0.2) is 89.9 Å². The number of amides is 1. The molecule has 3 aromatic rings. The quantitative estimate of drug-likeness (QED) is 0.133. The highest BCUT2D eigenvalue weighted by molar-refractivity contribution is 7.87. The fourth-order valence-electron chi connectivity index (χ4n) is 3.23. The highest BCUT2D eigenvalue weighted by Crippen LogP contribution is 2.36. The Morgan fingerprint density at radius 1 is 1.14 bits per heavy atom. The van der Waals surface area contributed by atoms with Crippen molar-refractivity contribution in [3.8, 4) is 23.3 Å². The molecule has 0 aliphatic heterocycles. The second-order valence-electron chi connectivity index (χ2n) is 7.45. The predicted octanol–water partition coefficient (Wildman–Crippen LogP) is 4.83. The Kier molecular flexibility index (Phi) is 8.49. The van der Waals surface area contributed by atoms with Crippen LogP contribution in [0.4, 0.5) is 5.69 Å². The van der Waals surface area contributed by atoms with E-state index in [1.165, 1.54) is 48.5 Å². The molecule has 0 radical (unpaired) electrons. The summed E-state index contributed by atoms with van der Waals surface area (Å²) >= 11 is 0. The van der Waals surface area contributed by atoms with Crippen LogP contribution < -0.4 is 14.2 Å². The average molecular weight is 505 g/mol. The number of nitriles is 1. The van der Waals surface area contributed by atoms with E-state index in [4.69, 9.17) is 8.92 Å². The molecule has 2 N–H and O–H groups in total. The second kappa shape index (κ2) is 11.7. The van der Waals surface area contributed by atoms with Gasteiger partial charge in [0.2, 0.25) is 0 Å². The lowest BCUT2D eigenvalue weighted by Gasteiger charge is -2.16. The predicted molar refractivity (Wildman–Crippen MR) is 136 cm³/mol. The van der Waals surface area contributed by atoms with E-state index in [1.54, 1.807) is 37.3 Å². The van der Waals surface area contributed by atoms with Gasteiger partial charge in [-0.1, -0.05) is 24.3 Å². The molecule has 0 bridgehead atoms. The number of aromatic hydroxyl groups is 1. The van der Waals surface area contributed by atoms with Crippen LogP contribution in [0.25, 0.3) is 6.08 Å². The largest absolute Gasteiger partial charge is 0.508 e. The Morgan fingerprint density at radius 2 is 1.83 bits per heavy atom. The maximum atomic E-state index is 12.9. The molecule has 36 heavy (non-hydrogen) atoms. The van der Waals surface area contributed by atoms with Crippen LogP contribution >= 0.6 is 0 Å². The molecule has 0 unspecified atom stereocenters. The van der Waals surface area contributed by atoms with Crippen molar-refractivity contribution >= 4 is 27.8 Å².